The van der Waals surface area contributed by atoms with Crippen LogP contribution in [-0.2, 0) is 14.3 Å². The molecule has 0 saturated carbocycles. The third kappa shape index (κ3) is 5.52. The van der Waals surface area contributed by atoms with Crippen LogP contribution in [0, 0.1) is 0 Å². The second kappa shape index (κ2) is 7.40. The van der Waals surface area contributed by atoms with Crippen molar-refractivity contribution in [3.8, 4) is 0 Å². The molecule has 1 unspecified atom stereocenters. The number of halogens is 4. The van der Waals surface area contributed by atoms with Crippen molar-refractivity contribution >= 4 is 22.8 Å². The zero-order valence-corrected chi connectivity index (χ0v) is 10.5. The number of alkyl halides is 4. The van der Waals surface area contributed by atoms with Crippen LogP contribution in [0.25, 0.3) is 0 Å². The minimum Gasteiger partial charge on any atom is -0.463 e. The van der Waals surface area contributed by atoms with Crippen LogP contribution in [0.5, 0.6) is 0 Å². The van der Waals surface area contributed by atoms with Gasteiger partial charge in [-0.1, -0.05) is 18.7 Å². The smallest absolute Gasteiger partial charge is 0.424 e. The fourth-order valence-electron chi connectivity index (χ4n) is 0.937. The molecule has 0 rings (SSSR count). The molecule has 1 atom stereocenters. The van der Waals surface area contributed by atoms with E-state index in [1.54, 1.807) is 0 Å². The van der Waals surface area contributed by atoms with Crippen molar-refractivity contribution in [1.29, 1.82) is 0 Å². The minimum absolute atomic E-state index is 0.0826. The summed E-state index contributed by atoms with van der Waals surface area (Å²) in [5.74, 6) is -1.01. The predicted molar refractivity (Wildman–Crippen MR) is 58.8 cm³/mol. The lowest BCUT2D eigenvalue weighted by Gasteiger charge is -2.14. The fourth-order valence-corrected chi connectivity index (χ4v) is 1.53. The van der Waals surface area contributed by atoms with E-state index in [1.807, 2.05) is 0 Å². The van der Waals surface area contributed by atoms with Crippen LogP contribution in [-0.4, -0.2) is 35.8 Å². The van der Waals surface area contributed by atoms with Crippen molar-refractivity contribution in [2.45, 2.75) is 26.2 Å². The van der Waals surface area contributed by atoms with Crippen LogP contribution in [0.3, 0.4) is 0 Å². The van der Waals surface area contributed by atoms with E-state index in [9.17, 15) is 27.2 Å². The molecule has 0 amide bonds. The van der Waals surface area contributed by atoms with Gasteiger partial charge in [0, 0.05) is 6.08 Å². The predicted octanol–water partition coefficient (Wildman–Crippen LogP) is 2.66. The zero-order chi connectivity index (χ0) is 14.3. The van der Waals surface area contributed by atoms with Crippen molar-refractivity contribution in [1.82, 2.24) is 0 Å². The van der Waals surface area contributed by atoms with Gasteiger partial charge in [0.05, 0.1) is 12.2 Å². The monoisotopic (exact) mass is 288 g/mol. The summed E-state index contributed by atoms with van der Waals surface area (Å²) in [6.07, 6.45) is -8.47. The van der Waals surface area contributed by atoms with Crippen molar-refractivity contribution in [3.05, 3.63) is 11.6 Å². The van der Waals surface area contributed by atoms with Gasteiger partial charge in [-0.25, -0.2) is 9.18 Å². The molecule has 0 aromatic rings. The van der Waals surface area contributed by atoms with Crippen molar-refractivity contribution < 1.29 is 31.9 Å². The molecule has 8 heteroatoms. The highest BCUT2D eigenvalue weighted by Gasteiger charge is 2.45. The van der Waals surface area contributed by atoms with Crippen LogP contribution in [0.15, 0.2) is 11.6 Å². The Morgan fingerprint density at radius 1 is 1.33 bits per heavy atom. The topological polar surface area (TPSA) is 43.4 Å². The highest BCUT2D eigenvalue weighted by atomic mass is 32.2. The Bertz CT molecular complexity index is 339. The lowest BCUT2D eigenvalue weighted by molar-refractivity contribution is -0.170. The molecular formula is C10H12F4O3S. The van der Waals surface area contributed by atoms with Gasteiger partial charge in [0.15, 0.2) is 0 Å². The molecule has 0 aromatic carbocycles. The second-order valence-electron chi connectivity index (χ2n) is 2.98. The van der Waals surface area contributed by atoms with E-state index in [0.29, 0.717) is 11.8 Å². The Labute approximate surface area is 106 Å². The number of rotatable bonds is 5. The van der Waals surface area contributed by atoms with Crippen LogP contribution in [0.4, 0.5) is 17.6 Å². The quantitative estimate of drug-likeness (QED) is 0.443. The number of ether oxygens (including phenoxy) is 1. The number of hydrogen-bond donors (Lipinski definition) is 0. The Kier molecular flexibility index (Phi) is 6.97. The van der Waals surface area contributed by atoms with Gasteiger partial charge < -0.3 is 4.74 Å². The minimum atomic E-state index is -5.23. The van der Waals surface area contributed by atoms with E-state index in [1.165, 1.54) is 13.8 Å². The summed E-state index contributed by atoms with van der Waals surface area (Å²) >= 11 is 0.489. The Morgan fingerprint density at radius 3 is 2.28 bits per heavy atom. The fraction of sp³-hybridized carbons (Fsp3) is 0.600. The lowest BCUT2D eigenvalue weighted by atomic mass is 10.1. The summed E-state index contributed by atoms with van der Waals surface area (Å²) in [4.78, 5) is 22.3. The van der Waals surface area contributed by atoms with E-state index >= 15 is 0 Å². The van der Waals surface area contributed by atoms with E-state index in [2.05, 4.69) is 4.74 Å². The van der Waals surface area contributed by atoms with Gasteiger partial charge in [0.25, 0.3) is 0 Å². The SMILES string of the molecule is CCOC(=O)/C=C(\C(=O)SCC)C(F)C(F)(F)F. The average molecular weight is 288 g/mol. The molecule has 0 aliphatic carbocycles. The van der Waals surface area contributed by atoms with Crippen LogP contribution in [0.2, 0.25) is 0 Å². The summed E-state index contributed by atoms with van der Waals surface area (Å²) in [5.41, 5.74) is -1.24. The molecule has 0 radical (unpaired) electrons. The summed E-state index contributed by atoms with van der Waals surface area (Å²) in [5, 5.41) is -1.13. The van der Waals surface area contributed by atoms with Gasteiger partial charge >= 0.3 is 12.1 Å². The molecule has 0 fully saturated rings. The second-order valence-corrected chi connectivity index (χ2v) is 4.21. The molecular weight excluding hydrogens is 276 g/mol. The van der Waals surface area contributed by atoms with Crippen LogP contribution in [0.1, 0.15) is 13.8 Å². The number of esters is 1. The highest BCUT2D eigenvalue weighted by molar-refractivity contribution is 8.14. The molecule has 104 valence electrons. The van der Waals surface area contributed by atoms with Gasteiger partial charge in [-0.3, -0.25) is 4.79 Å². The lowest BCUT2D eigenvalue weighted by Crippen LogP contribution is -2.30. The number of hydrogen-bond acceptors (Lipinski definition) is 4. The van der Waals surface area contributed by atoms with Crippen molar-refractivity contribution in [3.63, 3.8) is 0 Å². The average Bonchev–Trinajstić information content (AvgIpc) is 2.24. The molecule has 0 aliphatic rings. The maximum Gasteiger partial charge on any atom is 0.424 e. The summed E-state index contributed by atoms with van der Waals surface area (Å²) in [6, 6.07) is 0. The third-order valence-corrected chi connectivity index (χ3v) is 2.42. The largest absolute Gasteiger partial charge is 0.463 e. The first-order chi connectivity index (χ1) is 8.23. The van der Waals surface area contributed by atoms with Gasteiger partial charge in [0.1, 0.15) is 0 Å². The molecule has 0 aliphatic heterocycles. The number of thioether (sulfide) groups is 1. The molecule has 0 N–H and O–H groups in total. The van der Waals surface area contributed by atoms with E-state index in [-0.39, 0.29) is 18.4 Å². The summed E-state index contributed by atoms with van der Waals surface area (Å²) in [7, 11) is 0. The highest BCUT2D eigenvalue weighted by Crippen LogP contribution is 2.30. The van der Waals surface area contributed by atoms with Gasteiger partial charge in [-0.2, -0.15) is 13.2 Å². The van der Waals surface area contributed by atoms with E-state index in [0.717, 1.165) is 0 Å². The summed E-state index contributed by atoms with van der Waals surface area (Å²) < 4.78 is 54.1. The first kappa shape index (κ1) is 16.9. The molecule has 0 bridgehead atoms. The molecule has 18 heavy (non-hydrogen) atoms. The Morgan fingerprint density at radius 2 is 1.89 bits per heavy atom. The van der Waals surface area contributed by atoms with Crippen LogP contribution >= 0.6 is 11.8 Å². The Balaban J connectivity index is 5.18. The maximum atomic E-state index is 13.1. The first-order valence-electron chi connectivity index (χ1n) is 5.00. The van der Waals surface area contributed by atoms with E-state index in [4.69, 9.17) is 0 Å². The molecule has 0 aromatic heterocycles. The van der Waals surface area contributed by atoms with Crippen LogP contribution < -0.4 is 0 Å². The van der Waals surface area contributed by atoms with E-state index < -0.39 is 29.0 Å². The van der Waals surface area contributed by atoms with Gasteiger partial charge in [0.2, 0.25) is 11.3 Å². The molecule has 0 heterocycles. The zero-order valence-electron chi connectivity index (χ0n) is 9.71. The maximum absolute atomic E-state index is 13.1. The Hall–Kier alpha value is -1.05. The van der Waals surface area contributed by atoms with Gasteiger partial charge in [-0.15, -0.1) is 0 Å². The molecule has 0 saturated heterocycles. The summed E-state index contributed by atoms with van der Waals surface area (Å²) in [6.45, 7) is 2.87. The van der Waals surface area contributed by atoms with Gasteiger partial charge in [-0.05, 0) is 12.7 Å². The molecule has 3 nitrogen and oxygen atoms in total. The van der Waals surface area contributed by atoms with Crippen molar-refractivity contribution in [2.24, 2.45) is 0 Å². The van der Waals surface area contributed by atoms with Crippen molar-refractivity contribution in [2.75, 3.05) is 12.4 Å². The third-order valence-electron chi connectivity index (χ3n) is 1.63. The number of carbonyl (C=O) groups excluding carboxylic acids is 2. The standard InChI is InChI=1S/C10H12F4O3S/c1-3-17-7(15)5-6(9(16)18-4-2)8(11)10(12,13)14/h5,8H,3-4H2,1-2H3/b6-5-. The molecule has 0 spiro atoms. The number of carbonyl (C=O) groups is 2. The normalized spacial score (nSPS) is 14.2. The first-order valence-corrected chi connectivity index (χ1v) is 5.98.